The Labute approximate surface area is 130 Å². The summed E-state index contributed by atoms with van der Waals surface area (Å²) in [5, 5.41) is 7.83. The minimum absolute atomic E-state index is 0.00192. The van der Waals surface area contributed by atoms with Crippen LogP contribution in [-0.2, 0) is 0 Å². The highest BCUT2D eigenvalue weighted by atomic mass is 14.6. The summed E-state index contributed by atoms with van der Waals surface area (Å²) in [7, 11) is 0. The van der Waals surface area contributed by atoms with Crippen molar-refractivity contribution in [2.45, 2.75) is 19.4 Å². The predicted molar refractivity (Wildman–Crippen MR) is 96.5 cm³/mol. The minimum Gasteiger partial charge on any atom is -0.324 e. The molecule has 4 rings (SSSR count). The normalized spacial score (nSPS) is 13.2. The molecule has 0 unspecified atom stereocenters. The molecule has 0 aliphatic heterocycles. The average molecular weight is 285 g/mol. The fraction of sp³-hybridized carbons (Fsp3) is 0.143. The third kappa shape index (κ3) is 1.90. The van der Waals surface area contributed by atoms with Crippen molar-refractivity contribution < 1.29 is 0 Å². The van der Waals surface area contributed by atoms with E-state index < -0.39 is 0 Å². The largest absolute Gasteiger partial charge is 0.324 e. The third-order valence-electron chi connectivity index (χ3n) is 4.53. The molecule has 0 heterocycles. The molecule has 0 aliphatic rings. The maximum atomic E-state index is 6.43. The van der Waals surface area contributed by atoms with Gasteiger partial charge in [0.25, 0.3) is 0 Å². The smallest absolute Gasteiger partial charge is 0.0338 e. The minimum atomic E-state index is 0.00192. The topological polar surface area (TPSA) is 26.0 Å². The van der Waals surface area contributed by atoms with Crippen LogP contribution in [0.2, 0.25) is 0 Å². The lowest BCUT2D eigenvalue weighted by Gasteiger charge is -2.18. The monoisotopic (exact) mass is 285 g/mol. The van der Waals surface area contributed by atoms with Gasteiger partial charge in [-0.25, -0.2) is 0 Å². The molecule has 0 saturated carbocycles. The second kappa shape index (κ2) is 4.82. The van der Waals surface area contributed by atoms with E-state index in [0.29, 0.717) is 0 Å². The van der Waals surface area contributed by atoms with Crippen LogP contribution in [0, 0.1) is 0 Å². The molecule has 0 aliphatic carbocycles. The summed E-state index contributed by atoms with van der Waals surface area (Å²) < 4.78 is 0. The van der Waals surface area contributed by atoms with Gasteiger partial charge >= 0.3 is 0 Å². The molecule has 0 bridgehead atoms. The number of nitrogens with two attached hydrogens (primary N) is 1. The van der Waals surface area contributed by atoms with Gasteiger partial charge < -0.3 is 5.73 Å². The van der Waals surface area contributed by atoms with Crippen LogP contribution >= 0.6 is 0 Å². The zero-order chi connectivity index (χ0) is 15.3. The summed E-state index contributed by atoms with van der Waals surface area (Å²) in [4.78, 5) is 0. The molecule has 4 aromatic carbocycles. The Balaban J connectivity index is 2.10. The molecule has 1 atom stereocenters. The third-order valence-corrected chi connectivity index (χ3v) is 4.53. The molecule has 1 heteroatoms. The van der Waals surface area contributed by atoms with Crippen LogP contribution in [0.25, 0.3) is 32.3 Å². The molecular weight excluding hydrogens is 266 g/mol. The lowest BCUT2D eigenvalue weighted by atomic mass is 9.89. The first-order chi connectivity index (χ1) is 10.6. The van der Waals surface area contributed by atoms with Crippen LogP contribution < -0.4 is 5.73 Å². The maximum Gasteiger partial charge on any atom is 0.0338 e. The average Bonchev–Trinajstić information content (AvgIpc) is 2.51. The predicted octanol–water partition coefficient (Wildman–Crippen LogP) is 5.55. The van der Waals surface area contributed by atoms with E-state index in [0.717, 1.165) is 12.0 Å². The second-order valence-electron chi connectivity index (χ2n) is 6.28. The van der Waals surface area contributed by atoms with Gasteiger partial charge in [0.15, 0.2) is 0 Å². The highest BCUT2D eigenvalue weighted by molar-refractivity contribution is 6.23. The van der Waals surface area contributed by atoms with E-state index in [1.807, 2.05) is 6.92 Å². The highest BCUT2D eigenvalue weighted by Crippen LogP contribution is 2.37. The van der Waals surface area contributed by atoms with Gasteiger partial charge in [-0.05, 0) is 51.2 Å². The lowest BCUT2D eigenvalue weighted by Crippen LogP contribution is -2.11. The molecule has 0 amide bonds. The zero-order valence-corrected chi connectivity index (χ0v) is 12.8. The lowest BCUT2D eigenvalue weighted by molar-refractivity contribution is 0.723. The van der Waals surface area contributed by atoms with Crippen molar-refractivity contribution in [3.8, 4) is 0 Å². The van der Waals surface area contributed by atoms with Crippen LogP contribution in [0.4, 0.5) is 0 Å². The van der Waals surface area contributed by atoms with Gasteiger partial charge in [0, 0.05) is 6.04 Å². The molecule has 2 N–H and O–H groups in total. The van der Waals surface area contributed by atoms with E-state index in [-0.39, 0.29) is 6.04 Å². The fourth-order valence-corrected chi connectivity index (χ4v) is 3.57. The van der Waals surface area contributed by atoms with Crippen molar-refractivity contribution in [3.05, 3.63) is 72.3 Å². The first-order valence-electron chi connectivity index (χ1n) is 7.71. The number of rotatable bonds is 3. The van der Waals surface area contributed by atoms with Crippen molar-refractivity contribution in [2.24, 2.45) is 5.73 Å². The number of hydrogen-bond donors (Lipinski definition) is 1. The van der Waals surface area contributed by atoms with Crippen molar-refractivity contribution in [3.63, 3.8) is 0 Å². The summed E-state index contributed by atoms with van der Waals surface area (Å²) in [6, 6.07) is 19.7. The summed E-state index contributed by atoms with van der Waals surface area (Å²) >= 11 is 0. The second-order valence-corrected chi connectivity index (χ2v) is 6.28. The van der Waals surface area contributed by atoms with Gasteiger partial charge in [-0.15, -0.1) is 6.58 Å². The molecule has 0 saturated heterocycles. The summed E-state index contributed by atoms with van der Waals surface area (Å²) in [5.74, 6) is 0. The molecule has 0 fully saturated rings. The molecular formula is C21H19N. The van der Waals surface area contributed by atoms with Crippen LogP contribution in [0.5, 0.6) is 0 Å². The zero-order valence-electron chi connectivity index (χ0n) is 12.8. The van der Waals surface area contributed by atoms with Crippen molar-refractivity contribution in [1.82, 2.24) is 0 Å². The Morgan fingerprint density at radius 3 is 2.18 bits per heavy atom. The van der Waals surface area contributed by atoms with Gasteiger partial charge in [-0.2, -0.15) is 0 Å². The summed E-state index contributed by atoms with van der Waals surface area (Å²) in [6.07, 6.45) is 0.823. The Bertz CT molecular complexity index is 981. The van der Waals surface area contributed by atoms with Gasteiger partial charge in [0.2, 0.25) is 0 Å². The van der Waals surface area contributed by atoms with Gasteiger partial charge in [-0.1, -0.05) is 60.2 Å². The SMILES string of the molecule is C=C(C)C[C@H](N)c1ccc2ccc3cccc4ccc1c2c34. The molecule has 108 valence electrons. The fourth-order valence-electron chi connectivity index (χ4n) is 3.57. The quantitative estimate of drug-likeness (QED) is 0.387. The van der Waals surface area contributed by atoms with Gasteiger partial charge in [0.1, 0.15) is 0 Å². The van der Waals surface area contributed by atoms with Crippen LogP contribution in [0.3, 0.4) is 0 Å². The van der Waals surface area contributed by atoms with E-state index >= 15 is 0 Å². The van der Waals surface area contributed by atoms with E-state index in [9.17, 15) is 0 Å². The van der Waals surface area contributed by atoms with Crippen molar-refractivity contribution in [2.75, 3.05) is 0 Å². The highest BCUT2D eigenvalue weighted by Gasteiger charge is 2.14. The standard InChI is InChI=1S/C21H19N/c1-13(2)12-19(22)17-10-8-16-7-6-14-4-3-5-15-9-11-18(17)21(16)20(14)15/h3-11,19H,1,12,22H2,2H3/t19-/m0/s1. The summed E-state index contributed by atoms with van der Waals surface area (Å²) in [5.41, 5.74) is 8.77. The van der Waals surface area contributed by atoms with Crippen LogP contribution in [0.1, 0.15) is 24.9 Å². The maximum absolute atomic E-state index is 6.43. The summed E-state index contributed by atoms with van der Waals surface area (Å²) in [6.45, 7) is 6.04. The Morgan fingerprint density at radius 1 is 0.909 bits per heavy atom. The Morgan fingerprint density at radius 2 is 1.50 bits per heavy atom. The van der Waals surface area contributed by atoms with Gasteiger partial charge in [-0.3, -0.25) is 0 Å². The molecule has 22 heavy (non-hydrogen) atoms. The molecule has 0 radical (unpaired) electrons. The van der Waals surface area contributed by atoms with Crippen molar-refractivity contribution in [1.29, 1.82) is 0 Å². The molecule has 0 aromatic heterocycles. The molecule has 1 nitrogen and oxygen atoms in total. The van der Waals surface area contributed by atoms with E-state index in [2.05, 4.69) is 61.2 Å². The Hall–Kier alpha value is -2.38. The molecule has 0 spiro atoms. The van der Waals surface area contributed by atoms with Crippen LogP contribution in [-0.4, -0.2) is 0 Å². The van der Waals surface area contributed by atoms with Gasteiger partial charge in [0.05, 0.1) is 0 Å². The van der Waals surface area contributed by atoms with E-state index in [1.165, 1.54) is 37.9 Å². The Kier molecular flexibility index (Phi) is 2.91. The number of benzene rings is 4. The van der Waals surface area contributed by atoms with E-state index in [4.69, 9.17) is 5.73 Å². The first-order valence-corrected chi connectivity index (χ1v) is 7.71. The molecule has 4 aromatic rings. The first kappa shape index (κ1) is 13.3. The van der Waals surface area contributed by atoms with Crippen molar-refractivity contribution >= 4 is 32.3 Å². The van der Waals surface area contributed by atoms with Crippen LogP contribution in [0.15, 0.2) is 66.7 Å². The van der Waals surface area contributed by atoms with E-state index in [1.54, 1.807) is 0 Å². The number of hydrogen-bond acceptors (Lipinski definition) is 1.